The van der Waals surface area contributed by atoms with Gasteiger partial charge in [0.2, 0.25) is 12.6 Å². The summed E-state index contributed by atoms with van der Waals surface area (Å²) in [6, 6.07) is 0. The number of hydrogen-bond acceptors (Lipinski definition) is 3. The smallest absolute Gasteiger partial charge is 0.363 e. The molecule has 11 heavy (non-hydrogen) atoms. The molecule has 0 radical (unpaired) electrons. The fourth-order valence-electron chi connectivity index (χ4n) is 0.622. The number of rotatable bonds is 0. The first-order valence-electron chi connectivity index (χ1n) is 2.57. The Kier molecular flexibility index (Phi) is 1.62. The highest BCUT2D eigenvalue weighted by molar-refractivity contribution is 4.95. The summed E-state index contributed by atoms with van der Waals surface area (Å²) in [6.07, 6.45) is -5.90. The molecule has 66 valence electrons. The van der Waals surface area contributed by atoms with Gasteiger partial charge in [-0.05, 0) is 0 Å². The van der Waals surface area contributed by atoms with Crippen molar-refractivity contribution in [2.75, 3.05) is 0 Å². The summed E-state index contributed by atoms with van der Waals surface area (Å²) in [5, 5.41) is 16.3. The Hall–Kier alpha value is -0.400. The van der Waals surface area contributed by atoms with Gasteiger partial charge in [0.05, 0.1) is 0 Å². The lowest BCUT2D eigenvalue weighted by atomic mass is 10.2. The summed E-state index contributed by atoms with van der Waals surface area (Å²) in [5.41, 5.74) is 0. The molecule has 0 aromatic carbocycles. The third-order valence-corrected chi connectivity index (χ3v) is 1.32. The number of ether oxygens (including phenoxy) is 1. The van der Waals surface area contributed by atoms with E-state index in [1.807, 2.05) is 0 Å². The van der Waals surface area contributed by atoms with E-state index in [1.165, 1.54) is 0 Å². The minimum atomic E-state index is -4.73. The van der Waals surface area contributed by atoms with E-state index in [0.29, 0.717) is 0 Å². The standard InChI is InChI=1S/C4H4F4O3/c5-3(6)1(9)11-2(10)4(3,7)8/h1-2,9-10H. The van der Waals surface area contributed by atoms with Gasteiger partial charge < -0.3 is 14.9 Å². The highest BCUT2D eigenvalue weighted by Gasteiger charge is 2.72. The van der Waals surface area contributed by atoms with Crippen molar-refractivity contribution in [3.8, 4) is 0 Å². The van der Waals surface area contributed by atoms with Crippen molar-refractivity contribution in [1.29, 1.82) is 0 Å². The zero-order chi connectivity index (χ0) is 8.86. The summed E-state index contributed by atoms with van der Waals surface area (Å²) in [7, 11) is 0. The van der Waals surface area contributed by atoms with E-state index in [0.717, 1.165) is 0 Å². The van der Waals surface area contributed by atoms with Crippen LogP contribution >= 0.6 is 0 Å². The highest BCUT2D eigenvalue weighted by Crippen LogP contribution is 2.46. The van der Waals surface area contributed by atoms with E-state index < -0.39 is 24.4 Å². The maximum atomic E-state index is 12.1. The van der Waals surface area contributed by atoms with Crippen LogP contribution in [0, 0.1) is 0 Å². The second-order valence-electron chi connectivity index (χ2n) is 2.09. The molecular weight excluding hydrogens is 172 g/mol. The number of aliphatic hydroxyl groups is 2. The molecule has 7 heteroatoms. The van der Waals surface area contributed by atoms with Crippen molar-refractivity contribution in [3.05, 3.63) is 0 Å². The molecular formula is C4H4F4O3. The molecule has 0 aromatic heterocycles. The molecule has 2 N–H and O–H groups in total. The Morgan fingerprint density at radius 1 is 0.909 bits per heavy atom. The average Bonchev–Trinajstić information content (AvgIpc) is 1.95. The van der Waals surface area contributed by atoms with Gasteiger partial charge in [-0.25, -0.2) is 0 Å². The Morgan fingerprint density at radius 2 is 1.18 bits per heavy atom. The zero-order valence-electron chi connectivity index (χ0n) is 4.97. The van der Waals surface area contributed by atoms with Gasteiger partial charge in [0.15, 0.2) is 0 Å². The topological polar surface area (TPSA) is 49.7 Å². The van der Waals surface area contributed by atoms with E-state index in [1.54, 1.807) is 0 Å². The summed E-state index contributed by atoms with van der Waals surface area (Å²) in [4.78, 5) is 0. The maximum absolute atomic E-state index is 12.1. The Labute approximate surface area is 58.2 Å². The molecule has 0 bridgehead atoms. The molecule has 2 unspecified atom stereocenters. The molecule has 1 rings (SSSR count). The van der Waals surface area contributed by atoms with Gasteiger partial charge in [-0.3, -0.25) is 0 Å². The van der Waals surface area contributed by atoms with Crippen molar-refractivity contribution in [1.82, 2.24) is 0 Å². The van der Waals surface area contributed by atoms with E-state index in [9.17, 15) is 17.6 Å². The molecule has 1 aliphatic rings. The van der Waals surface area contributed by atoms with Gasteiger partial charge in [0.1, 0.15) is 0 Å². The second-order valence-corrected chi connectivity index (χ2v) is 2.09. The van der Waals surface area contributed by atoms with Crippen LogP contribution < -0.4 is 0 Å². The van der Waals surface area contributed by atoms with Crippen LogP contribution in [0.2, 0.25) is 0 Å². The van der Waals surface area contributed by atoms with Gasteiger partial charge in [-0.15, -0.1) is 0 Å². The first kappa shape index (κ1) is 8.69. The lowest BCUT2D eigenvalue weighted by molar-refractivity contribution is -0.241. The molecule has 1 saturated heterocycles. The van der Waals surface area contributed by atoms with Crippen molar-refractivity contribution in [2.24, 2.45) is 0 Å². The number of alkyl halides is 4. The van der Waals surface area contributed by atoms with Crippen LogP contribution in [-0.2, 0) is 4.74 Å². The Balaban J connectivity index is 2.95. The van der Waals surface area contributed by atoms with Crippen molar-refractivity contribution in [2.45, 2.75) is 24.4 Å². The molecule has 0 spiro atoms. The normalized spacial score (nSPS) is 40.9. The molecule has 1 fully saturated rings. The summed E-state index contributed by atoms with van der Waals surface area (Å²) < 4.78 is 51.7. The number of aliphatic hydroxyl groups excluding tert-OH is 2. The van der Waals surface area contributed by atoms with Crippen LogP contribution in [0.1, 0.15) is 0 Å². The van der Waals surface area contributed by atoms with Crippen LogP contribution in [0.5, 0.6) is 0 Å². The zero-order valence-corrected chi connectivity index (χ0v) is 4.97. The maximum Gasteiger partial charge on any atom is 0.364 e. The third-order valence-electron chi connectivity index (χ3n) is 1.32. The monoisotopic (exact) mass is 176 g/mol. The lowest BCUT2D eigenvalue weighted by Crippen LogP contribution is -2.46. The minimum absolute atomic E-state index is 2.95. The summed E-state index contributed by atoms with van der Waals surface area (Å²) in [5.74, 6) is -9.46. The molecule has 2 atom stereocenters. The van der Waals surface area contributed by atoms with E-state index in [-0.39, 0.29) is 0 Å². The van der Waals surface area contributed by atoms with E-state index >= 15 is 0 Å². The van der Waals surface area contributed by atoms with Crippen molar-refractivity contribution < 1.29 is 32.5 Å². The molecule has 1 heterocycles. The molecule has 0 amide bonds. The molecule has 1 aliphatic heterocycles. The lowest BCUT2D eigenvalue weighted by Gasteiger charge is -2.18. The average molecular weight is 176 g/mol. The predicted octanol–water partition coefficient (Wildman–Crippen LogP) is -0.0760. The van der Waals surface area contributed by atoms with Gasteiger partial charge in [0.25, 0.3) is 0 Å². The fraction of sp³-hybridized carbons (Fsp3) is 1.00. The van der Waals surface area contributed by atoms with Crippen molar-refractivity contribution in [3.63, 3.8) is 0 Å². The third kappa shape index (κ3) is 0.916. The minimum Gasteiger partial charge on any atom is -0.363 e. The van der Waals surface area contributed by atoms with Crippen LogP contribution in [-0.4, -0.2) is 34.6 Å². The largest absolute Gasteiger partial charge is 0.364 e. The fourth-order valence-corrected chi connectivity index (χ4v) is 0.622. The molecule has 0 aromatic rings. The first-order valence-corrected chi connectivity index (χ1v) is 2.57. The Morgan fingerprint density at radius 3 is 1.27 bits per heavy atom. The van der Waals surface area contributed by atoms with Gasteiger partial charge in [-0.2, -0.15) is 17.6 Å². The predicted molar refractivity (Wildman–Crippen MR) is 23.0 cm³/mol. The van der Waals surface area contributed by atoms with E-state index in [4.69, 9.17) is 10.2 Å². The summed E-state index contributed by atoms with van der Waals surface area (Å²) in [6.45, 7) is 0. The highest BCUT2D eigenvalue weighted by atomic mass is 19.3. The molecule has 0 aliphatic carbocycles. The second kappa shape index (κ2) is 2.05. The van der Waals surface area contributed by atoms with Crippen LogP contribution in [0.4, 0.5) is 17.6 Å². The van der Waals surface area contributed by atoms with Crippen LogP contribution in [0.15, 0.2) is 0 Å². The SMILES string of the molecule is OC1OC(O)C(F)(F)C1(F)F. The van der Waals surface area contributed by atoms with Crippen LogP contribution in [0.3, 0.4) is 0 Å². The van der Waals surface area contributed by atoms with Crippen molar-refractivity contribution >= 4 is 0 Å². The van der Waals surface area contributed by atoms with Crippen LogP contribution in [0.25, 0.3) is 0 Å². The van der Waals surface area contributed by atoms with Gasteiger partial charge in [-0.1, -0.05) is 0 Å². The molecule has 3 nitrogen and oxygen atoms in total. The first-order chi connectivity index (χ1) is 4.80. The van der Waals surface area contributed by atoms with E-state index in [2.05, 4.69) is 4.74 Å². The van der Waals surface area contributed by atoms with Gasteiger partial charge >= 0.3 is 11.8 Å². The Bertz CT molecular complexity index is 153. The number of hydrogen-bond donors (Lipinski definition) is 2. The number of halogens is 4. The summed E-state index contributed by atoms with van der Waals surface area (Å²) >= 11 is 0. The van der Waals surface area contributed by atoms with Gasteiger partial charge in [0, 0.05) is 0 Å². The molecule has 0 saturated carbocycles. The quantitative estimate of drug-likeness (QED) is 0.507.